The lowest BCUT2D eigenvalue weighted by molar-refractivity contribution is -0.148. The first-order valence-electron chi connectivity index (χ1n) is 13.6. The van der Waals surface area contributed by atoms with Gasteiger partial charge in [0, 0.05) is 31.7 Å². The summed E-state index contributed by atoms with van der Waals surface area (Å²) in [6.07, 6.45) is 3.41. The number of halogens is 2. The molecule has 0 bridgehead atoms. The number of rotatable bonds is 13. The largest absolute Gasteiger partial charge is 0.467 e. The molecule has 3 N–H and O–H groups in total. The molecule has 0 spiro atoms. The van der Waals surface area contributed by atoms with E-state index in [-0.39, 0.29) is 25.9 Å². The van der Waals surface area contributed by atoms with Crippen molar-refractivity contribution in [3.05, 3.63) is 23.4 Å². The molecular weight excluding hydrogens is 498 g/mol. The number of anilines is 1. The van der Waals surface area contributed by atoms with E-state index in [0.29, 0.717) is 12.8 Å². The van der Waals surface area contributed by atoms with Gasteiger partial charge in [-0.15, -0.1) is 0 Å². The Bertz CT molecular complexity index is 953. The van der Waals surface area contributed by atoms with Gasteiger partial charge in [-0.1, -0.05) is 31.7 Å². The third kappa shape index (κ3) is 8.26. The number of aryl methyl sites for hydroxylation is 2. The van der Waals surface area contributed by atoms with Crippen molar-refractivity contribution in [2.75, 3.05) is 32.1 Å². The highest BCUT2D eigenvalue weighted by Crippen LogP contribution is 2.38. The number of carbonyl (C=O) groups is 3. The molecule has 0 aliphatic carbocycles. The first-order valence-corrected chi connectivity index (χ1v) is 13.6. The van der Waals surface area contributed by atoms with Crippen LogP contribution in [0.3, 0.4) is 0 Å². The third-order valence-electron chi connectivity index (χ3n) is 7.69. The van der Waals surface area contributed by atoms with Crippen molar-refractivity contribution < 1.29 is 33.0 Å². The molecular formula is C27H40F2N4O5. The standard InChI is InChI=1S/C27H40F2N4O5/c1-38-24(34)21(32-25(35)27(18-22(28)29)13-16-33(17-14-27)26(36)37)10-6-4-2-3-5-9-20-12-11-19-8-7-15-30-23(19)31-20/h11-12,21-22H,2-10,13-18H2,1H3,(H,30,31)(H,32,35)(H,36,37). The molecule has 2 aliphatic heterocycles. The van der Waals surface area contributed by atoms with Crippen LogP contribution in [0.5, 0.6) is 0 Å². The Morgan fingerprint density at radius 1 is 1.16 bits per heavy atom. The molecule has 212 valence electrons. The quantitative estimate of drug-likeness (QED) is 0.252. The maximum atomic E-state index is 13.4. The Hall–Kier alpha value is -2.98. The van der Waals surface area contributed by atoms with Crippen LogP contribution in [0.2, 0.25) is 0 Å². The lowest BCUT2D eigenvalue weighted by atomic mass is 9.74. The monoisotopic (exact) mass is 538 g/mol. The van der Waals surface area contributed by atoms with Gasteiger partial charge in [-0.05, 0) is 56.6 Å². The fraction of sp³-hybridized carbons (Fsp3) is 0.704. The summed E-state index contributed by atoms with van der Waals surface area (Å²) in [4.78, 5) is 42.5. The predicted molar refractivity (Wildman–Crippen MR) is 138 cm³/mol. The van der Waals surface area contributed by atoms with Crippen LogP contribution in [0.25, 0.3) is 0 Å². The van der Waals surface area contributed by atoms with Crippen molar-refractivity contribution >= 4 is 23.8 Å². The van der Waals surface area contributed by atoms with Gasteiger partial charge in [0.25, 0.3) is 0 Å². The molecule has 1 aromatic rings. The van der Waals surface area contributed by atoms with Crippen molar-refractivity contribution in [2.45, 2.75) is 89.5 Å². The van der Waals surface area contributed by atoms with Crippen molar-refractivity contribution in [1.82, 2.24) is 15.2 Å². The number of aromatic nitrogens is 1. The normalized spacial score (nSPS) is 17.3. The molecule has 3 rings (SSSR count). The summed E-state index contributed by atoms with van der Waals surface area (Å²) in [6.45, 7) is 0.957. The number of ether oxygens (including phenoxy) is 1. The summed E-state index contributed by atoms with van der Waals surface area (Å²) in [5, 5.41) is 15.2. The van der Waals surface area contributed by atoms with Crippen LogP contribution in [-0.4, -0.2) is 72.2 Å². The molecule has 0 saturated carbocycles. The van der Waals surface area contributed by atoms with Crippen molar-refractivity contribution in [3.8, 4) is 0 Å². The van der Waals surface area contributed by atoms with Crippen LogP contribution in [0.15, 0.2) is 12.1 Å². The lowest BCUT2D eigenvalue weighted by Crippen LogP contribution is -2.54. The Kier molecular flexibility index (Phi) is 11.1. The van der Waals surface area contributed by atoms with Crippen LogP contribution in [0.1, 0.15) is 75.5 Å². The van der Waals surface area contributed by atoms with E-state index in [2.05, 4.69) is 22.8 Å². The number of piperidine rings is 1. The maximum absolute atomic E-state index is 13.4. The van der Waals surface area contributed by atoms with E-state index in [1.54, 1.807) is 0 Å². The molecule has 1 saturated heterocycles. The topological polar surface area (TPSA) is 121 Å². The van der Waals surface area contributed by atoms with Crippen molar-refractivity contribution in [3.63, 3.8) is 0 Å². The van der Waals surface area contributed by atoms with Gasteiger partial charge in [-0.3, -0.25) is 4.79 Å². The number of methoxy groups -OCH3 is 1. The second-order valence-corrected chi connectivity index (χ2v) is 10.3. The molecule has 1 atom stereocenters. The number of nitrogens with zero attached hydrogens (tertiary/aromatic N) is 2. The second kappa shape index (κ2) is 14.2. The van der Waals surface area contributed by atoms with Crippen LogP contribution >= 0.6 is 0 Å². The van der Waals surface area contributed by atoms with E-state index in [1.165, 1.54) is 12.7 Å². The van der Waals surface area contributed by atoms with E-state index in [9.17, 15) is 23.2 Å². The molecule has 9 nitrogen and oxygen atoms in total. The number of fused-ring (bicyclic) bond motifs is 1. The summed E-state index contributed by atoms with van der Waals surface area (Å²) in [5.41, 5.74) is 0.948. The van der Waals surface area contributed by atoms with Gasteiger partial charge < -0.3 is 25.4 Å². The third-order valence-corrected chi connectivity index (χ3v) is 7.69. The van der Waals surface area contributed by atoms with Gasteiger partial charge >= 0.3 is 12.1 Å². The average molecular weight is 539 g/mol. The summed E-state index contributed by atoms with van der Waals surface area (Å²) < 4.78 is 31.6. The summed E-state index contributed by atoms with van der Waals surface area (Å²) in [7, 11) is 1.23. The molecule has 0 aromatic carbocycles. The van der Waals surface area contributed by atoms with E-state index in [1.807, 2.05) is 0 Å². The highest BCUT2D eigenvalue weighted by molar-refractivity contribution is 5.88. The lowest BCUT2D eigenvalue weighted by Gasteiger charge is -2.40. The highest BCUT2D eigenvalue weighted by atomic mass is 19.3. The van der Waals surface area contributed by atoms with Crippen molar-refractivity contribution in [1.29, 1.82) is 0 Å². The number of esters is 1. The molecule has 1 aromatic heterocycles. The second-order valence-electron chi connectivity index (χ2n) is 10.3. The SMILES string of the molecule is COC(=O)C(CCCCCCCc1ccc2c(n1)NCCC2)NC(=O)C1(CC(F)F)CCN(C(=O)O)CC1. The fourth-order valence-electron chi connectivity index (χ4n) is 5.34. The molecule has 0 radical (unpaired) electrons. The zero-order valence-electron chi connectivity index (χ0n) is 22.1. The number of hydrogen-bond acceptors (Lipinski definition) is 6. The number of carbonyl (C=O) groups excluding carboxylic acids is 2. The Labute approximate surface area is 222 Å². The highest BCUT2D eigenvalue weighted by Gasteiger charge is 2.45. The number of pyridine rings is 1. The van der Waals surface area contributed by atoms with Gasteiger partial charge in [0.2, 0.25) is 12.3 Å². The van der Waals surface area contributed by atoms with E-state index in [4.69, 9.17) is 14.8 Å². The number of hydrogen-bond donors (Lipinski definition) is 3. The fourth-order valence-corrected chi connectivity index (χ4v) is 5.34. The van der Waals surface area contributed by atoms with Crippen LogP contribution in [0, 0.1) is 5.41 Å². The minimum absolute atomic E-state index is 0.00411. The number of amides is 2. The summed E-state index contributed by atoms with van der Waals surface area (Å²) in [6, 6.07) is 3.33. The molecule has 11 heteroatoms. The van der Waals surface area contributed by atoms with Crippen LogP contribution in [0.4, 0.5) is 19.4 Å². The molecule has 3 heterocycles. The molecule has 38 heavy (non-hydrogen) atoms. The average Bonchev–Trinajstić information content (AvgIpc) is 2.91. The van der Waals surface area contributed by atoms with Crippen LogP contribution in [-0.2, 0) is 27.2 Å². The molecule has 2 aliphatic rings. The zero-order valence-corrected chi connectivity index (χ0v) is 22.1. The molecule has 1 unspecified atom stereocenters. The Morgan fingerprint density at radius 2 is 1.87 bits per heavy atom. The zero-order chi connectivity index (χ0) is 27.5. The Morgan fingerprint density at radius 3 is 2.55 bits per heavy atom. The van der Waals surface area contributed by atoms with E-state index in [0.717, 1.165) is 67.9 Å². The summed E-state index contributed by atoms with van der Waals surface area (Å²) in [5.74, 6) is -0.238. The first-order chi connectivity index (χ1) is 18.2. The molecule has 2 amide bonds. The summed E-state index contributed by atoms with van der Waals surface area (Å²) >= 11 is 0. The number of alkyl halides is 2. The van der Waals surface area contributed by atoms with E-state index >= 15 is 0 Å². The Balaban J connectivity index is 1.43. The number of carboxylic acid groups (broad SMARTS) is 1. The smallest absolute Gasteiger partial charge is 0.407 e. The number of unbranched alkanes of at least 4 members (excludes halogenated alkanes) is 4. The van der Waals surface area contributed by atoms with Gasteiger partial charge in [0.05, 0.1) is 12.5 Å². The van der Waals surface area contributed by atoms with Gasteiger partial charge in [-0.2, -0.15) is 0 Å². The predicted octanol–water partition coefficient (Wildman–Crippen LogP) is 4.40. The minimum Gasteiger partial charge on any atom is -0.467 e. The van der Waals surface area contributed by atoms with Gasteiger partial charge in [-0.25, -0.2) is 23.4 Å². The number of nitrogens with one attached hydrogen (secondary N) is 2. The van der Waals surface area contributed by atoms with Crippen molar-refractivity contribution in [2.24, 2.45) is 5.41 Å². The van der Waals surface area contributed by atoms with E-state index < -0.39 is 42.3 Å². The maximum Gasteiger partial charge on any atom is 0.407 e. The number of likely N-dealkylation sites (tertiary alicyclic amines) is 1. The van der Waals surface area contributed by atoms with Crippen LogP contribution < -0.4 is 10.6 Å². The minimum atomic E-state index is -2.72. The first kappa shape index (κ1) is 29.6. The van der Waals surface area contributed by atoms with Gasteiger partial charge in [0.15, 0.2) is 0 Å². The molecule has 1 fully saturated rings. The van der Waals surface area contributed by atoms with Gasteiger partial charge in [0.1, 0.15) is 11.9 Å².